The lowest BCUT2D eigenvalue weighted by atomic mass is 9.92. The van der Waals surface area contributed by atoms with Crippen LogP contribution in [0.3, 0.4) is 0 Å². The van der Waals surface area contributed by atoms with Crippen molar-refractivity contribution >= 4 is 6.03 Å². The van der Waals surface area contributed by atoms with Crippen molar-refractivity contribution in [2.24, 2.45) is 5.73 Å². The molecule has 0 radical (unpaired) electrons. The van der Waals surface area contributed by atoms with Gasteiger partial charge >= 0.3 is 6.03 Å². The fraction of sp³-hybridized carbons (Fsp3) is 0.600. The standard InChI is InChI=1S/C10H16N4O/c11-8-1-3-9(4-2-8)13-10(15)14-6-5-12-7-14/h5-9H,1-4,11H2,(H,13,15). The summed E-state index contributed by atoms with van der Waals surface area (Å²) in [5.41, 5.74) is 5.79. The molecule has 1 aromatic rings. The van der Waals surface area contributed by atoms with Crippen LogP contribution < -0.4 is 11.1 Å². The predicted molar refractivity (Wildman–Crippen MR) is 56.4 cm³/mol. The molecule has 3 N–H and O–H groups in total. The lowest BCUT2D eigenvalue weighted by Crippen LogP contribution is -2.41. The average molecular weight is 208 g/mol. The summed E-state index contributed by atoms with van der Waals surface area (Å²) in [6.07, 6.45) is 8.68. The van der Waals surface area contributed by atoms with E-state index in [1.807, 2.05) is 0 Å². The van der Waals surface area contributed by atoms with E-state index in [0.29, 0.717) is 6.04 Å². The number of rotatable bonds is 1. The largest absolute Gasteiger partial charge is 0.335 e. The van der Waals surface area contributed by atoms with E-state index in [-0.39, 0.29) is 12.1 Å². The molecule has 0 bridgehead atoms. The van der Waals surface area contributed by atoms with Crippen LogP contribution in [0.4, 0.5) is 4.79 Å². The smallest absolute Gasteiger partial charge is 0.327 e. The summed E-state index contributed by atoms with van der Waals surface area (Å²) in [6.45, 7) is 0. The Kier molecular flexibility index (Phi) is 3.01. The van der Waals surface area contributed by atoms with E-state index < -0.39 is 0 Å². The number of imidazole rings is 1. The van der Waals surface area contributed by atoms with Crippen LogP contribution in [-0.2, 0) is 0 Å². The third kappa shape index (κ3) is 2.56. The highest BCUT2D eigenvalue weighted by Crippen LogP contribution is 2.16. The monoisotopic (exact) mass is 208 g/mol. The van der Waals surface area contributed by atoms with Gasteiger partial charge in [0.1, 0.15) is 6.33 Å². The third-order valence-corrected chi connectivity index (χ3v) is 2.84. The van der Waals surface area contributed by atoms with Crippen molar-refractivity contribution in [3.05, 3.63) is 18.7 Å². The summed E-state index contributed by atoms with van der Waals surface area (Å²) >= 11 is 0. The second-order valence-corrected chi connectivity index (χ2v) is 4.03. The van der Waals surface area contributed by atoms with Gasteiger partial charge in [-0.15, -0.1) is 0 Å². The topological polar surface area (TPSA) is 72.9 Å². The molecule has 0 spiro atoms. The molecule has 1 heterocycles. The van der Waals surface area contributed by atoms with Crippen molar-refractivity contribution in [2.75, 3.05) is 0 Å². The number of hydrogen-bond donors (Lipinski definition) is 2. The van der Waals surface area contributed by atoms with Crippen molar-refractivity contribution in [1.82, 2.24) is 14.9 Å². The van der Waals surface area contributed by atoms with Crippen molar-refractivity contribution in [3.63, 3.8) is 0 Å². The molecule has 1 aliphatic carbocycles. The second-order valence-electron chi connectivity index (χ2n) is 4.03. The Labute approximate surface area is 88.7 Å². The molecule has 0 saturated heterocycles. The first-order valence-corrected chi connectivity index (χ1v) is 5.30. The van der Waals surface area contributed by atoms with E-state index in [4.69, 9.17) is 5.73 Å². The van der Waals surface area contributed by atoms with Gasteiger partial charge in [0.05, 0.1) is 0 Å². The van der Waals surface area contributed by atoms with Crippen LogP contribution in [0.25, 0.3) is 0 Å². The molecular formula is C10H16N4O. The Hall–Kier alpha value is -1.36. The maximum atomic E-state index is 11.6. The molecule has 1 fully saturated rings. The van der Waals surface area contributed by atoms with Crippen LogP contribution in [0, 0.1) is 0 Å². The number of amides is 1. The van der Waals surface area contributed by atoms with Crippen molar-refractivity contribution in [3.8, 4) is 0 Å². The number of carbonyl (C=O) groups is 1. The maximum Gasteiger partial charge on any atom is 0.327 e. The summed E-state index contributed by atoms with van der Waals surface area (Å²) in [4.78, 5) is 15.5. The van der Waals surface area contributed by atoms with Gasteiger partial charge in [-0.25, -0.2) is 9.78 Å². The zero-order valence-corrected chi connectivity index (χ0v) is 8.60. The molecular weight excluding hydrogens is 192 g/mol. The minimum atomic E-state index is -0.104. The lowest BCUT2D eigenvalue weighted by Gasteiger charge is -2.26. The molecule has 0 aliphatic heterocycles. The highest BCUT2D eigenvalue weighted by Gasteiger charge is 2.20. The van der Waals surface area contributed by atoms with Gasteiger partial charge in [0.15, 0.2) is 0 Å². The molecule has 1 aliphatic rings. The highest BCUT2D eigenvalue weighted by molar-refractivity contribution is 5.76. The lowest BCUT2D eigenvalue weighted by molar-refractivity contribution is 0.232. The third-order valence-electron chi connectivity index (χ3n) is 2.84. The number of carbonyl (C=O) groups excluding carboxylic acids is 1. The Morgan fingerprint density at radius 1 is 1.40 bits per heavy atom. The van der Waals surface area contributed by atoms with Gasteiger partial charge < -0.3 is 11.1 Å². The molecule has 5 heteroatoms. The molecule has 15 heavy (non-hydrogen) atoms. The van der Waals surface area contributed by atoms with Crippen LogP contribution in [0.1, 0.15) is 25.7 Å². The van der Waals surface area contributed by atoms with Gasteiger partial charge in [0.2, 0.25) is 0 Å². The fourth-order valence-corrected chi connectivity index (χ4v) is 1.89. The SMILES string of the molecule is NC1CCC(NC(=O)n2ccnc2)CC1. The first kappa shape index (κ1) is 10.2. The molecule has 5 nitrogen and oxygen atoms in total. The first-order chi connectivity index (χ1) is 7.25. The van der Waals surface area contributed by atoms with Crippen LogP contribution in [0.5, 0.6) is 0 Å². The van der Waals surface area contributed by atoms with Gasteiger partial charge in [0, 0.05) is 24.5 Å². The summed E-state index contributed by atoms with van der Waals surface area (Å²) in [6, 6.07) is 0.471. The van der Waals surface area contributed by atoms with E-state index in [1.165, 1.54) is 10.9 Å². The van der Waals surface area contributed by atoms with Gasteiger partial charge in [-0.3, -0.25) is 4.57 Å². The van der Waals surface area contributed by atoms with Crippen LogP contribution >= 0.6 is 0 Å². The van der Waals surface area contributed by atoms with E-state index in [0.717, 1.165) is 25.7 Å². The van der Waals surface area contributed by atoms with Crippen LogP contribution in [0.2, 0.25) is 0 Å². The molecule has 82 valence electrons. The summed E-state index contributed by atoms with van der Waals surface area (Å²) < 4.78 is 1.45. The number of hydrogen-bond acceptors (Lipinski definition) is 3. The fourth-order valence-electron chi connectivity index (χ4n) is 1.89. The summed E-state index contributed by atoms with van der Waals surface area (Å²) in [7, 11) is 0. The second kappa shape index (κ2) is 4.44. The normalized spacial score (nSPS) is 26.2. The molecule has 0 atom stereocenters. The minimum Gasteiger partial charge on any atom is -0.335 e. The molecule has 0 unspecified atom stereocenters. The number of aromatic nitrogens is 2. The molecule has 1 amide bonds. The number of nitrogens with one attached hydrogen (secondary N) is 1. The quantitative estimate of drug-likeness (QED) is 0.714. The highest BCUT2D eigenvalue weighted by atomic mass is 16.2. The minimum absolute atomic E-state index is 0.104. The van der Waals surface area contributed by atoms with E-state index >= 15 is 0 Å². The molecule has 0 aromatic carbocycles. The van der Waals surface area contributed by atoms with Crippen molar-refractivity contribution in [1.29, 1.82) is 0 Å². The van der Waals surface area contributed by atoms with Crippen LogP contribution in [-0.4, -0.2) is 27.7 Å². The Morgan fingerprint density at radius 2 is 2.13 bits per heavy atom. The van der Waals surface area contributed by atoms with E-state index in [9.17, 15) is 4.79 Å². The summed E-state index contributed by atoms with van der Waals surface area (Å²) in [5.74, 6) is 0. The van der Waals surface area contributed by atoms with Crippen molar-refractivity contribution < 1.29 is 4.79 Å². The Morgan fingerprint density at radius 3 is 2.73 bits per heavy atom. The maximum absolute atomic E-state index is 11.6. The predicted octanol–water partition coefficient (Wildman–Crippen LogP) is 0.711. The Bertz CT molecular complexity index is 314. The molecule has 2 rings (SSSR count). The zero-order valence-electron chi connectivity index (χ0n) is 8.60. The number of nitrogens with two attached hydrogens (primary N) is 1. The van der Waals surface area contributed by atoms with Crippen molar-refractivity contribution in [2.45, 2.75) is 37.8 Å². The molecule has 1 aromatic heterocycles. The number of nitrogens with zero attached hydrogens (tertiary/aromatic N) is 2. The molecule has 1 saturated carbocycles. The van der Waals surface area contributed by atoms with Crippen LogP contribution in [0.15, 0.2) is 18.7 Å². The van der Waals surface area contributed by atoms with Gasteiger partial charge in [-0.05, 0) is 25.7 Å². The first-order valence-electron chi connectivity index (χ1n) is 5.30. The summed E-state index contributed by atoms with van der Waals surface area (Å²) in [5, 5.41) is 2.97. The van der Waals surface area contributed by atoms with Gasteiger partial charge in [0.25, 0.3) is 0 Å². The van der Waals surface area contributed by atoms with Gasteiger partial charge in [-0.2, -0.15) is 0 Å². The van der Waals surface area contributed by atoms with E-state index in [1.54, 1.807) is 12.4 Å². The van der Waals surface area contributed by atoms with Gasteiger partial charge in [-0.1, -0.05) is 0 Å². The zero-order chi connectivity index (χ0) is 10.7. The Balaban J connectivity index is 1.85. The van der Waals surface area contributed by atoms with E-state index in [2.05, 4.69) is 10.3 Å². The average Bonchev–Trinajstić information content (AvgIpc) is 2.74.